The largest absolute Gasteiger partial charge is 0.338 e. The maximum Gasteiger partial charge on any atom is 0.280 e. The number of pyridine rings is 2. The van der Waals surface area contributed by atoms with Gasteiger partial charge in [0.1, 0.15) is 0 Å². The van der Waals surface area contributed by atoms with Gasteiger partial charge in [0.05, 0.1) is 10.9 Å². The van der Waals surface area contributed by atoms with Gasteiger partial charge in [0.25, 0.3) is 11.5 Å². The predicted octanol–water partition coefficient (Wildman–Crippen LogP) is 0.322. The molecule has 0 saturated carbocycles. The highest BCUT2D eigenvalue weighted by atomic mass is 16.2. The van der Waals surface area contributed by atoms with Crippen molar-refractivity contribution in [3.05, 3.63) is 58.9 Å². The van der Waals surface area contributed by atoms with Crippen LogP contribution in [-0.2, 0) is 0 Å². The first-order valence-electron chi connectivity index (χ1n) is 8.65. The molecule has 0 atom stereocenters. The number of nitrogens with zero attached hydrogens (tertiary/aromatic N) is 6. The average molecular weight is 365 g/mol. The summed E-state index contributed by atoms with van der Waals surface area (Å²) in [6.07, 6.45) is 6.07. The minimum absolute atomic E-state index is 0.352. The lowest BCUT2D eigenvalue weighted by molar-refractivity contribution is 0.101. The van der Waals surface area contributed by atoms with Crippen molar-refractivity contribution in [1.82, 2.24) is 24.5 Å². The van der Waals surface area contributed by atoms with E-state index in [1.807, 2.05) is 0 Å². The van der Waals surface area contributed by atoms with Crippen LogP contribution in [0.5, 0.6) is 0 Å². The molecule has 3 aromatic heterocycles. The Morgan fingerprint density at radius 1 is 1.11 bits per heavy atom. The molecule has 0 radical (unpaired) electrons. The van der Waals surface area contributed by atoms with Crippen LogP contribution in [0.4, 0.5) is 5.95 Å². The fourth-order valence-corrected chi connectivity index (χ4v) is 2.94. The Balaban J connectivity index is 1.60. The molecular formula is C18H19N7O2. The molecule has 4 heterocycles. The number of hydrogen-bond acceptors (Lipinski definition) is 7. The van der Waals surface area contributed by atoms with E-state index in [0.717, 1.165) is 30.9 Å². The van der Waals surface area contributed by atoms with Gasteiger partial charge in [-0.1, -0.05) is 0 Å². The van der Waals surface area contributed by atoms with Crippen molar-refractivity contribution in [1.29, 1.82) is 0 Å². The fourth-order valence-electron chi connectivity index (χ4n) is 2.94. The number of nitrogens with one attached hydrogen (secondary N) is 1. The van der Waals surface area contributed by atoms with E-state index in [1.165, 1.54) is 24.8 Å². The van der Waals surface area contributed by atoms with Gasteiger partial charge in [-0.05, 0) is 25.2 Å². The summed E-state index contributed by atoms with van der Waals surface area (Å²) >= 11 is 0. The second kappa shape index (κ2) is 7.12. The molecule has 9 nitrogen and oxygen atoms in total. The molecule has 9 heteroatoms. The van der Waals surface area contributed by atoms with E-state index in [1.54, 1.807) is 18.2 Å². The molecule has 138 valence electrons. The topological polar surface area (TPSA) is 96.2 Å². The number of aromatic nitrogens is 4. The monoisotopic (exact) mass is 365 g/mol. The number of piperazine rings is 1. The normalized spacial score (nSPS) is 15.1. The molecule has 1 saturated heterocycles. The molecule has 1 fully saturated rings. The molecule has 0 bridgehead atoms. The quantitative estimate of drug-likeness (QED) is 0.714. The summed E-state index contributed by atoms with van der Waals surface area (Å²) in [5.74, 6) is 0.224. The smallest absolute Gasteiger partial charge is 0.280 e. The zero-order chi connectivity index (χ0) is 18.8. The van der Waals surface area contributed by atoms with Gasteiger partial charge in [-0.2, -0.15) is 0 Å². The molecule has 1 N–H and O–H groups in total. The highest BCUT2D eigenvalue weighted by Crippen LogP contribution is 2.14. The summed E-state index contributed by atoms with van der Waals surface area (Å²) in [7, 11) is 2.08. The third-order valence-electron chi connectivity index (χ3n) is 4.59. The maximum atomic E-state index is 12.7. The van der Waals surface area contributed by atoms with Crippen LogP contribution < -0.4 is 15.9 Å². The van der Waals surface area contributed by atoms with Crippen molar-refractivity contribution in [2.24, 2.45) is 0 Å². The first-order chi connectivity index (χ1) is 13.1. The first kappa shape index (κ1) is 17.1. The van der Waals surface area contributed by atoms with Crippen molar-refractivity contribution < 1.29 is 4.79 Å². The third kappa shape index (κ3) is 3.49. The third-order valence-corrected chi connectivity index (χ3v) is 4.59. The van der Waals surface area contributed by atoms with Crippen molar-refractivity contribution >= 4 is 22.8 Å². The van der Waals surface area contributed by atoms with Gasteiger partial charge in [-0.25, -0.2) is 14.6 Å². The van der Waals surface area contributed by atoms with E-state index < -0.39 is 5.91 Å². The molecule has 0 unspecified atom stereocenters. The molecule has 1 aliphatic rings. The van der Waals surface area contributed by atoms with Crippen LogP contribution >= 0.6 is 0 Å². The lowest BCUT2D eigenvalue weighted by Crippen LogP contribution is -2.45. The van der Waals surface area contributed by atoms with Crippen molar-refractivity contribution in [2.45, 2.75) is 0 Å². The summed E-state index contributed by atoms with van der Waals surface area (Å²) in [4.78, 5) is 42.0. The van der Waals surface area contributed by atoms with E-state index in [9.17, 15) is 9.59 Å². The Morgan fingerprint density at radius 3 is 2.59 bits per heavy atom. The summed E-state index contributed by atoms with van der Waals surface area (Å²) in [6.45, 7) is 3.59. The van der Waals surface area contributed by atoms with Crippen molar-refractivity contribution in [3.8, 4) is 0 Å². The van der Waals surface area contributed by atoms with Gasteiger partial charge in [0.2, 0.25) is 5.95 Å². The number of carbonyl (C=O) groups is 1. The van der Waals surface area contributed by atoms with Crippen molar-refractivity contribution in [2.75, 3.05) is 43.6 Å². The molecule has 3 aromatic rings. The summed E-state index contributed by atoms with van der Waals surface area (Å²) in [6, 6.07) is 4.85. The van der Waals surface area contributed by atoms with Gasteiger partial charge in [-0.15, -0.1) is 0 Å². The Kier molecular flexibility index (Phi) is 4.51. The second-order valence-electron chi connectivity index (χ2n) is 6.43. The van der Waals surface area contributed by atoms with Gasteiger partial charge in [0.15, 0.2) is 0 Å². The van der Waals surface area contributed by atoms with Crippen LogP contribution in [0.2, 0.25) is 0 Å². The molecule has 0 aromatic carbocycles. The second-order valence-corrected chi connectivity index (χ2v) is 6.43. The lowest BCUT2D eigenvalue weighted by Gasteiger charge is -2.32. The first-order valence-corrected chi connectivity index (χ1v) is 8.65. The zero-order valence-corrected chi connectivity index (χ0v) is 14.9. The molecule has 0 spiro atoms. The molecule has 0 aliphatic carbocycles. The summed E-state index contributed by atoms with van der Waals surface area (Å²) < 4.78 is 1.14. The Bertz CT molecular complexity index is 1030. The maximum absolute atomic E-state index is 12.7. The number of anilines is 1. The molecule has 1 aliphatic heterocycles. The fraction of sp³-hybridized carbons (Fsp3) is 0.278. The lowest BCUT2D eigenvalue weighted by atomic mass is 10.2. The van der Waals surface area contributed by atoms with Crippen molar-refractivity contribution in [3.63, 3.8) is 0 Å². The number of fused-ring (bicyclic) bond motifs is 1. The van der Waals surface area contributed by atoms with E-state index in [0.29, 0.717) is 22.4 Å². The molecule has 27 heavy (non-hydrogen) atoms. The van der Waals surface area contributed by atoms with E-state index in [4.69, 9.17) is 0 Å². The molecule has 4 rings (SSSR count). The molecular weight excluding hydrogens is 346 g/mol. The number of carbonyl (C=O) groups excluding carboxylic acids is 1. The Morgan fingerprint density at radius 2 is 1.85 bits per heavy atom. The number of hydrogen-bond donors (Lipinski definition) is 1. The van der Waals surface area contributed by atoms with Crippen LogP contribution in [0.1, 0.15) is 10.4 Å². The Hall–Kier alpha value is -3.33. The van der Waals surface area contributed by atoms with E-state index in [2.05, 4.69) is 37.2 Å². The minimum atomic E-state index is -0.395. The summed E-state index contributed by atoms with van der Waals surface area (Å²) in [5.41, 5.74) is 3.16. The number of rotatable bonds is 3. The van der Waals surface area contributed by atoms with Crippen LogP contribution in [0.15, 0.2) is 47.8 Å². The minimum Gasteiger partial charge on any atom is -0.338 e. The zero-order valence-electron chi connectivity index (χ0n) is 14.9. The van der Waals surface area contributed by atoms with Crippen LogP contribution in [0, 0.1) is 0 Å². The highest BCUT2D eigenvalue weighted by molar-refractivity contribution is 5.99. The molecule has 1 amide bonds. The van der Waals surface area contributed by atoms with Gasteiger partial charge in [-0.3, -0.25) is 20.0 Å². The highest BCUT2D eigenvalue weighted by Gasteiger charge is 2.17. The van der Waals surface area contributed by atoms with Crippen LogP contribution in [0.3, 0.4) is 0 Å². The van der Waals surface area contributed by atoms with E-state index >= 15 is 0 Å². The van der Waals surface area contributed by atoms with Gasteiger partial charge >= 0.3 is 0 Å². The SMILES string of the molecule is CN1CCN(c2ncc3c(=O)n(NC(=O)c4ccncc4)ccc3n2)CC1. The number of likely N-dealkylation sites (N-methyl/N-ethyl adjacent to an activating group) is 1. The average Bonchev–Trinajstić information content (AvgIpc) is 2.71. The van der Waals surface area contributed by atoms with Crippen LogP contribution in [0.25, 0.3) is 10.9 Å². The standard InChI is InChI=1S/C18H19N7O2/c1-23-8-10-24(11-9-23)18-20-12-14-15(21-18)4-7-25(17(14)27)22-16(26)13-2-5-19-6-3-13/h2-7,12H,8-11H2,1H3,(H,22,26). The van der Waals surface area contributed by atoms with E-state index in [-0.39, 0.29) is 5.56 Å². The predicted molar refractivity (Wildman–Crippen MR) is 101 cm³/mol. The Labute approximate surface area is 155 Å². The number of amides is 1. The van der Waals surface area contributed by atoms with Gasteiger partial charge in [0, 0.05) is 56.5 Å². The van der Waals surface area contributed by atoms with Gasteiger partial charge < -0.3 is 9.80 Å². The van der Waals surface area contributed by atoms with Crippen LogP contribution in [-0.4, -0.2) is 63.7 Å². The summed E-state index contributed by atoms with van der Waals surface area (Å²) in [5, 5.41) is 0.352.